The largest absolute Gasteiger partial charge is 0.376 e. The van der Waals surface area contributed by atoms with Gasteiger partial charge in [0.05, 0.1) is 25.5 Å². The van der Waals surface area contributed by atoms with Crippen LogP contribution in [0.1, 0.15) is 17.5 Å². The maximum absolute atomic E-state index is 12.7. The molecule has 1 unspecified atom stereocenters. The van der Waals surface area contributed by atoms with Crippen LogP contribution in [0.2, 0.25) is 5.02 Å². The van der Waals surface area contributed by atoms with E-state index in [1.807, 2.05) is 24.0 Å². The first-order valence-corrected chi connectivity index (χ1v) is 7.35. The van der Waals surface area contributed by atoms with E-state index in [-0.39, 0.29) is 5.91 Å². The van der Waals surface area contributed by atoms with Gasteiger partial charge in [-0.3, -0.25) is 4.79 Å². The zero-order chi connectivity index (χ0) is 14.1. The van der Waals surface area contributed by atoms with Crippen LogP contribution in [-0.2, 0) is 20.7 Å². The standard InChI is InChI=1S/C15H18ClNO3/c1-10-12(16)5-4-11-3-2-6-17(14(10)11)15(18)13-9-19-7-8-20-13/h4-5,13H,2-3,6-9H2,1H3. The predicted octanol–water partition coefficient (Wildman–Crippen LogP) is 2.34. The Morgan fingerprint density at radius 3 is 3.00 bits per heavy atom. The number of hydrogen-bond acceptors (Lipinski definition) is 3. The van der Waals surface area contributed by atoms with Gasteiger partial charge >= 0.3 is 0 Å². The maximum atomic E-state index is 12.7. The molecule has 0 aromatic heterocycles. The van der Waals surface area contributed by atoms with Crippen molar-refractivity contribution in [2.75, 3.05) is 31.3 Å². The van der Waals surface area contributed by atoms with Crippen molar-refractivity contribution in [2.45, 2.75) is 25.9 Å². The molecular weight excluding hydrogens is 278 g/mol. The van der Waals surface area contributed by atoms with Gasteiger partial charge < -0.3 is 14.4 Å². The SMILES string of the molecule is Cc1c(Cl)ccc2c1N(C(=O)C1COCCO1)CCC2. The summed E-state index contributed by atoms with van der Waals surface area (Å²) in [7, 11) is 0. The summed E-state index contributed by atoms with van der Waals surface area (Å²) in [5.74, 6) is -0.0176. The van der Waals surface area contributed by atoms with Crippen LogP contribution < -0.4 is 4.90 Å². The molecule has 1 aromatic rings. The highest BCUT2D eigenvalue weighted by molar-refractivity contribution is 6.32. The molecule has 1 aromatic carbocycles. The lowest BCUT2D eigenvalue weighted by atomic mass is 9.97. The van der Waals surface area contributed by atoms with Crippen LogP contribution in [0.4, 0.5) is 5.69 Å². The van der Waals surface area contributed by atoms with Gasteiger partial charge in [0, 0.05) is 11.6 Å². The van der Waals surface area contributed by atoms with Crippen LogP contribution in [-0.4, -0.2) is 38.4 Å². The Balaban J connectivity index is 1.92. The Morgan fingerprint density at radius 2 is 2.25 bits per heavy atom. The monoisotopic (exact) mass is 295 g/mol. The molecule has 0 aliphatic carbocycles. The summed E-state index contributed by atoms with van der Waals surface area (Å²) < 4.78 is 10.9. The molecule has 2 aliphatic heterocycles. The summed E-state index contributed by atoms with van der Waals surface area (Å²) in [6, 6.07) is 3.92. The zero-order valence-electron chi connectivity index (χ0n) is 11.5. The van der Waals surface area contributed by atoms with Crippen LogP contribution >= 0.6 is 11.6 Å². The van der Waals surface area contributed by atoms with Gasteiger partial charge in [0.15, 0.2) is 6.10 Å². The molecule has 1 atom stereocenters. The lowest BCUT2D eigenvalue weighted by molar-refractivity contribution is -0.144. The van der Waals surface area contributed by atoms with E-state index >= 15 is 0 Å². The Hall–Kier alpha value is -1.10. The summed E-state index contributed by atoms with van der Waals surface area (Å²) in [6.07, 6.45) is 1.46. The van der Waals surface area contributed by atoms with Crippen molar-refractivity contribution >= 4 is 23.2 Å². The first-order valence-electron chi connectivity index (χ1n) is 6.97. The number of amides is 1. The minimum absolute atomic E-state index is 0.0176. The van der Waals surface area contributed by atoms with Crippen LogP contribution in [0.3, 0.4) is 0 Å². The fourth-order valence-electron chi connectivity index (χ4n) is 2.87. The first kappa shape index (κ1) is 13.9. The number of ether oxygens (including phenoxy) is 2. The Bertz CT molecular complexity index is 526. The molecular formula is C15H18ClNO3. The van der Waals surface area contributed by atoms with Crippen LogP contribution in [0.15, 0.2) is 12.1 Å². The van der Waals surface area contributed by atoms with E-state index in [1.54, 1.807) is 0 Å². The molecule has 2 heterocycles. The average molecular weight is 296 g/mol. The topological polar surface area (TPSA) is 38.8 Å². The quantitative estimate of drug-likeness (QED) is 0.798. The van der Waals surface area contributed by atoms with Crippen molar-refractivity contribution in [2.24, 2.45) is 0 Å². The summed E-state index contributed by atoms with van der Waals surface area (Å²) >= 11 is 6.21. The Kier molecular flexibility index (Phi) is 3.96. The van der Waals surface area contributed by atoms with Crippen molar-refractivity contribution in [3.8, 4) is 0 Å². The lowest BCUT2D eigenvalue weighted by Crippen LogP contribution is -2.47. The van der Waals surface area contributed by atoms with Gasteiger partial charge in [0.25, 0.3) is 5.91 Å². The summed E-state index contributed by atoms with van der Waals surface area (Å²) in [4.78, 5) is 14.5. The van der Waals surface area contributed by atoms with Gasteiger partial charge in [-0.1, -0.05) is 17.7 Å². The molecule has 4 nitrogen and oxygen atoms in total. The molecule has 0 saturated carbocycles. The normalized spacial score (nSPS) is 22.5. The van der Waals surface area contributed by atoms with E-state index in [0.717, 1.165) is 24.1 Å². The van der Waals surface area contributed by atoms with Crippen LogP contribution in [0.5, 0.6) is 0 Å². The summed E-state index contributed by atoms with van der Waals surface area (Å²) in [6.45, 7) is 4.05. The highest BCUT2D eigenvalue weighted by Crippen LogP contribution is 2.35. The van der Waals surface area contributed by atoms with Crippen molar-refractivity contribution < 1.29 is 14.3 Å². The van der Waals surface area contributed by atoms with E-state index in [0.29, 0.717) is 31.4 Å². The number of nitrogens with zero attached hydrogens (tertiary/aromatic N) is 1. The Labute approximate surface area is 123 Å². The van der Waals surface area contributed by atoms with Gasteiger partial charge in [-0.25, -0.2) is 0 Å². The molecule has 2 aliphatic rings. The minimum Gasteiger partial charge on any atom is -0.376 e. The van der Waals surface area contributed by atoms with Gasteiger partial charge in [0.1, 0.15) is 0 Å². The maximum Gasteiger partial charge on any atom is 0.258 e. The molecule has 1 saturated heterocycles. The fourth-order valence-corrected chi connectivity index (χ4v) is 3.03. The van der Waals surface area contributed by atoms with E-state index < -0.39 is 6.10 Å². The van der Waals surface area contributed by atoms with E-state index in [4.69, 9.17) is 21.1 Å². The molecule has 0 spiro atoms. The van der Waals surface area contributed by atoms with E-state index in [9.17, 15) is 4.79 Å². The summed E-state index contributed by atoms with van der Waals surface area (Å²) in [5, 5.41) is 0.698. The number of rotatable bonds is 1. The van der Waals surface area contributed by atoms with Gasteiger partial charge in [0.2, 0.25) is 0 Å². The number of carbonyl (C=O) groups excluding carboxylic acids is 1. The number of carbonyl (C=O) groups is 1. The smallest absolute Gasteiger partial charge is 0.258 e. The van der Waals surface area contributed by atoms with Gasteiger partial charge in [-0.05, 0) is 37.0 Å². The van der Waals surface area contributed by atoms with E-state index in [1.165, 1.54) is 5.56 Å². The number of hydrogen-bond donors (Lipinski definition) is 0. The Morgan fingerprint density at radius 1 is 1.40 bits per heavy atom. The minimum atomic E-state index is -0.493. The fraction of sp³-hybridized carbons (Fsp3) is 0.533. The molecule has 0 N–H and O–H groups in total. The second-order valence-corrected chi connectivity index (χ2v) is 5.62. The number of anilines is 1. The van der Waals surface area contributed by atoms with Crippen molar-refractivity contribution in [1.82, 2.24) is 0 Å². The van der Waals surface area contributed by atoms with Crippen LogP contribution in [0, 0.1) is 6.92 Å². The molecule has 0 bridgehead atoms. The molecule has 5 heteroatoms. The molecule has 3 rings (SSSR count). The van der Waals surface area contributed by atoms with Crippen LogP contribution in [0.25, 0.3) is 0 Å². The molecule has 0 radical (unpaired) electrons. The van der Waals surface area contributed by atoms with Crippen molar-refractivity contribution in [3.05, 3.63) is 28.3 Å². The highest BCUT2D eigenvalue weighted by atomic mass is 35.5. The number of halogens is 1. The second kappa shape index (κ2) is 5.72. The molecule has 20 heavy (non-hydrogen) atoms. The molecule has 1 amide bonds. The van der Waals surface area contributed by atoms with Crippen molar-refractivity contribution in [1.29, 1.82) is 0 Å². The number of fused-ring (bicyclic) bond motifs is 1. The highest BCUT2D eigenvalue weighted by Gasteiger charge is 2.32. The average Bonchev–Trinajstić information content (AvgIpc) is 2.50. The van der Waals surface area contributed by atoms with Gasteiger partial charge in [-0.2, -0.15) is 0 Å². The first-order chi connectivity index (χ1) is 9.68. The van der Waals surface area contributed by atoms with Gasteiger partial charge in [-0.15, -0.1) is 0 Å². The van der Waals surface area contributed by atoms with E-state index in [2.05, 4.69) is 0 Å². The molecule has 1 fully saturated rings. The second-order valence-electron chi connectivity index (χ2n) is 5.21. The summed E-state index contributed by atoms with van der Waals surface area (Å²) in [5.41, 5.74) is 3.11. The zero-order valence-corrected chi connectivity index (χ0v) is 12.3. The lowest BCUT2D eigenvalue weighted by Gasteiger charge is -2.34. The van der Waals surface area contributed by atoms with Crippen molar-refractivity contribution in [3.63, 3.8) is 0 Å². The third kappa shape index (κ3) is 2.43. The molecule has 108 valence electrons. The number of benzene rings is 1. The third-order valence-electron chi connectivity index (χ3n) is 3.90. The predicted molar refractivity (Wildman–Crippen MR) is 77.4 cm³/mol. The third-order valence-corrected chi connectivity index (χ3v) is 4.31. The number of aryl methyl sites for hydroxylation is 1.